The van der Waals surface area contributed by atoms with Crippen LogP contribution in [0.1, 0.15) is 11.1 Å². The van der Waals surface area contributed by atoms with E-state index in [-0.39, 0.29) is 0 Å². The molecule has 1 saturated heterocycles. The minimum atomic E-state index is 0.983. The van der Waals surface area contributed by atoms with Gasteiger partial charge in [-0.2, -0.15) is 5.10 Å². The zero-order valence-electron chi connectivity index (χ0n) is 12.5. The van der Waals surface area contributed by atoms with E-state index in [2.05, 4.69) is 73.4 Å². The normalized spacial score (nSPS) is 16.3. The van der Waals surface area contributed by atoms with E-state index in [4.69, 9.17) is 0 Å². The van der Waals surface area contributed by atoms with Gasteiger partial charge < -0.3 is 0 Å². The van der Waals surface area contributed by atoms with Gasteiger partial charge in [-0.25, -0.2) is 0 Å². The summed E-state index contributed by atoms with van der Waals surface area (Å²) in [5.41, 5.74) is 2.51. The van der Waals surface area contributed by atoms with Crippen molar-refractivity contribution in [2.45, 2.75) is 6.54 Å². The van der Waals surface area contributed by atoms with E-state index in [1.807, 2.05) is 18.3 Å². The molecule has 0 saturated carbocycles. The summed E-state index contributed by atoms with van der Waals surface area (Å²) in [6.45, 7) is 5.12. The molecule has 0 atom stereocenters. The van der Waals surface area contributed by atoms with Crippen LogP contribution in [0.15, 0.2) is 64.2 Å². The lowest BCUT2D eigenvalue weighted by molar-refractivity contribution is 0.131. The number of rotatable bonds is 4. The zero-order valence-corrected chi connectivity index (χ0v) is 14.1. The second kappa shape index (κ2) is 7.56. The molecule has 0 aliphatic carbocycles. The molecule has 1 aliphatic heterocycles. The summed E-state index contributed by atoms with van der Waals surface area (Å²) in [5, 5.41) is 6.75. The van der Waals surface area contributed by atoms with Crippen molar-refractivity contribution in [3.8, 4) is 0 Å². The molecule has 1 heterocycles. The van der Waals surface area contributed by atoms with Gasteiger partial charge in [0.2, 0.25) is 0 Å². The molecule has 0 N–H and O–H groups in total. The van der Waals surface area contributed by atoms with Gasteiger partial charge >= 0.3 is 0 Å². The Labute approximate surface area is 140 Å². The quantitative estimate of drug-likeness (QED) is 0.778. The highest BCUT2D eigenvalue weighted by atomic mass is 79.9. The molecule has 4 heteroatoms. The van der Waals surface area contributed by atoms with Crippen LogP contribution in [0, 0.1) is 0 Å². The van der Waals surface area contributed by atoms with Crippen LogP contribution in [0.5, 0.6) is 0 Å². The molecule has 22 heavy (non-hydrogen) atoms. The van der Waals surface area contributed by atoms with Crippen molar-refractivity contribution in [3.05, 3.63) is 70.2 Å². The first-order chi connectivity index (χ1) is 10.8. The molecule has 2 aromatic rings. The average Bonchev–Trinajstić information content (AvgIpc) is 2.55. The van der Waals surface area contributed by atoms with Crippen LogP contribution in [0.3, 0.4) is 0 Å². The number of halogens is 1. The highest BCUT2D eigenvalue weighted by Gasteiger charge is 2.15. The summed E-state index contributed by atoms with van der Waals surface area (Å²) in [4.78, 5) is 2.49. The van der Waals surface area contributed by atoms with E-state index in [1.165, 1.54) is 5.56 Å². The van der Waals surface area contributed by atoms with Gasteiger partial charge in [0.25, 0.3) is 0 Å². The van der Waals surface area contributed by atoms with E-state index >= 15 is 0 Å². The monoisotopic (exact) mass is 357 g/mol. The maximum Gasteiger partial charge on any atom is 0.0543 e. The maximum absolute atomic E-state index is 4.60. The Hall–Kier alpha value is -1.65. The SMILES string of the molecule is Brc1cccc(C=NN2CCN(Cc3ccccc3)CC2)c1. The van der Waals surface area contributed by atoms with E-state index in [0.717, 1.165) is 42.8 Å². The molecule has 3 rings (SSSR count). The first-order valence-electron chi connectivity index (χ1n) is 7.60. The lowest BCUT2D eigenvalue weighted by atomic mass is 10.2. The predicted molar refractivity (Wildman–Crippen MR) is 95.0 cm³/mol. The summed E-state index contributed by atoms with van der Waals surface area (Å²) >= 11 is 3.49. The molecule has 1 fully saturated rings. The first-order valence-corrected chi connectivity index (χ1v) is 8.40. The van der Waals surface area contributed by atoms with Crippen molar-refractivity contribution in [3.63, 3.8) is 0 Å². The molecule has 3 nitrogen and oxygen atoms in total. The van der Waals surface area contributed by atoms with Crippen molar-refractivity contribution in [1.82, 2.24) is 9.91 Å². The van der Waals surface area contributed by atoms with Crippen molar-refractivity contribution < 1.29 is 0 Å². The highest BCUT2D eigenvalue weighted by molar-refractivity contribution is 9.10. The van der Waals surface area contributed by atoms with E-state index in [9.17, 15) is 0 Å². The van der Waals surface area contributed by atoms with Gasteiger partial charge in [-0.1, -0.05) is 58.4 Å². The standard InChI is InChI=1S/C18H20BrN3/c19-18-8-4-7-17(13-18)14-20-22-11-9-21(10-12-22)15-16-5-2-1-3-6-16/h1-8,13-14H,9-12,15H2. The molecule has 0 unspecified atom stereocenters. The van der Waals surface area contributed by atoms with Crippen LogP contribution in [0.25, 0.3) is 0 Å². The van der Waals surface area contributed by atoms with Crippen molar-refractivity contribution in [1.29, 1.82) is 0 Å². The van der Waals surface area contributed by atoms with Crippen LogP contribution < -0.4 is 0 Å². The minimum Gasteiger partial charge on any atom is -0.295 e. The van der Waals surface area contributed by atoms with Crippen molar-refractivity contribution in [2.24, 2.45) is 5.10 Å². The van der Waals surface area contributed by atoms with Gasteiger partial charge in [0.05, 0.1) is 6.21 Å². The fourth-order valence-corrected chi connectivity index (χ4v) is 3.00. The maximum atomic E-state index is 4.60. The van der Waals surface area contributed by atoms with Crippen molar-refractivity contribution >= 4 is 22.1 Å². The highest BCUT2D eigenvalue weighted by Crippen LogP contribution is 2.11. The van der Waals surface area contributed by atoms with Crippen LogP contribution in [0.2, 0.25) is 0 Å². The molecule has 2 aromatic carbocycles. The van der Waals surface area contributed by atoms with Crippen molar-refractivity contribution in [2.75, 3.05) is 26.2 Å². The van der Waals surface area contributed by atoms with Gasteiger partial charge in [0.1, 0.15) is 0 Å². The Morgan fingerprint density at radius 3 is 2.45 bits per heavy atom. The van der Waals surface area contributed by atoms with Crippen LogP contribution >= 0.6 is 15.9 Å². The Balaban J connectivity index is 1.49. The van der Waals surface area contributed by atoms with E-state index in [0.29, 0.717) is 0 Å². The smallest absolute Gasteiger partial charge is 0.0543 e. The first kappa shape index (κ1) is 15.3. The molecule has 0 amide bonds. The topological polar surface area (TPSA) is 18.8 Å². The van der Waals surface area contributed by atoms with Gasteiger partial charge in [-0.05, 0) is 23.3 Å². The summed E-state index contributed by atoms with van der Waals surface area (Å²) in [5.74, 6) is 0. The van der Waals surface area contributed by atoms with E-state index in [1.54, 1.807) is 0 Å². The fraction of sp³-hybridized carbons (Fsp3) is 0.278. The lowest BCUT2D eigenvalue weighted by Crippen LogP contribution is -2.43. The molecule has 0 radical (unpaired) electrons. The van der Waals surface area contributed by atoms with Gasteiger partial charge in [-0.15, -0.1) is 0 Å². The number of nitrogens with zero attached hydrogens (tertiary/aromatic N) is 3. The largest absolute Gasteiger partial charge is 0.295 e. The van der Waals surface area contributed by atoms with Crippen LogP contribution in [-0.4, -0.2) is 42.3 Å². The minimum absolute atomic E-state index is 0.983. The molecule has 1 aliphatic rings. The third-order valence-corrected chi connectivity index (χ3v) is 4.31. The summed E-state index contributed by atoms with van der Waals surface area (Å²) in [7, 11) is 0. The Morgan fingerprint density at radius 1 is 0.955 bits per heavy atom. The van der Waals surface area contributed by atoms with Gasteiger partial charge in [-0.3, -0.25) is 9.91 Å². The third kappa shape index (κ3) is 4.42. The Kier molecular flexibility index (Phi) is 5.24. The van der Waals surface area contributed by atoms with Crippen LogP contribution in [-0.2, 0) is 6.54 Å². The Bertz CT molecular complexity index is 619. The molecule has 0 bridgehead atoms. The number of piperazine rings is 1. The molecule has 114 valence electrons. The second-order valence-corrected chi connectivity index (χ2v) is 6.43. The summed E-state index contributed by atoms with van der Waals surface area (Å²) < 4.78 is 1.09. The predicted octanol–water partition coefficient (Wildman–Crippen LogP) is 3.60. The molecule has 0 aromatic heterocycles. The molecular formula is C18H20BrN3. The van der Waals surface area contributed by atoms with Gasteiger partial charge in [0.15, 0.2) is 0 Å². The summed E-state index contributed by atoms with van der Waals surface area (Å²) in [6, 6.07) is 18.9. The lowest BCUT2D eigenvalue weighted by Gasteiger charge is -2.33. The average molecular weight is 358 g/mol. The third-order valence-electron chi connectivity index (χ3n) is 3.82. The number of hydrogen-bond donors (Lipinski definition) is 0. The van der Waals surface area contributed by atoms with Gasteiger partial charge in [0, 0.05) is 37.2 Å². The van der Waals surface area contributed by atoms with Crippen LogP contribution in [0.4, 0.5) is 0 Å². The number of benzene rings is 2. The number of hydrazone groups is 1. The fourth-order valence-electron chi connectivity index (χ4n) is 2.59. The Morgan fingerprint density at radius 2 is 1.73 bits per heavy atom. The molecule has 0 spiro atoms. The summed E-state index contributed by atoms with van der Waals surface area (Å²) in [6.07, 6.45) is 1.94. The second-order valence-electron chi connectivity index (χ2n) is 5.51. The zero-order chi connectivity index (χ0) is 15.2. The van der Waals surface area contributed by atoms with E-state index < -0.39 is 0 Å². The molecular weight excluding hydrogens is 338 g/mol. The number of hydrogen-bond acceptors (Lipinski definition) is 3.